The van der Waals surface area contributed by atoms with E-state index in [1.54, 1.807) is 7.11 Å². The number of aryl methyl sites for hydroxylation is 3. The number of methoxy groups -OCH3 is 1. The number of aromatic nitrogens is 1. The SMILES string of the molecule is CNC1CCCc2c1n(C)c1c(C)cc(OC)cc21. The maximum atomic E-state index is 5.43. The Hall–Kier alpha value is -1.48. The van der Waals surface area contributed by atoms with Crippen molar-refractivity contribution in [2.45, 2.75) is 32.2 Å². The van der Waals surface area contributed by atoms with Gasteiger partial charge in [-0.1, -0.05) is 0 Å². The molecule has 3 rings (SSSR count). The standard InChI is InChI=1S/C16H22N2O/c1-10-8-11(19-4)9-13-12-6-5-7-14(17-2)16(12)18(3)15(10)13/h8-9,14,17H,5-7H2,1-4H3. The van der Waals surface area contributed by atoms with E-state index in [0.717, 1.165) is 5.75 Å². The highest BCUT2D eigenvalue weighted by Gasteiger charge is 2.26. The van der Waals surface area contributed by atoms with E-state index in [2.05, 4.69) is 43.0 Å². The van der Waals surface area contributed by atoms with Crippen LogP contribution >= 0.6 is 0 Å². The smallest absolute Gasteiger partial charge is 0.119 e. The minimum Gasteiger partial charge on any atom is -0.497 e. The molecule has 102 valence electrons. The van der Waals surface area contributed by atoms with Crippen molar-refractivity contribution in [2.75, 3.05) is 14.2 Å². The van der Waals surface area contributed by atoms with Crippen molar-refractivity contribution < 1.29 is 4.74 Å². The zero-order chi connectivity index (χ0) is 13.6. The fraction of sp³-hybridized carbons (Fsp3) is 0.500. The molecule has 1 atom stereocenters. The molecule has 0 bridgehead atoms. The van der Waals surface area contributed by atoms with Crippen molar-refractivity contribution in [3.05, 3.63) is 29.0 Å². The van der Waals surface area contributed by atoms with Gasteiger partial charge in [0.25, 0.3) is 0 Å². The number of hydrogen-bond acceptors (Lipinski definition) is 2. The Balaban J connectivity index is 2.34. The van der Waals surface area contributed by atoms with E-state index in [1.807, 2.05) is 0 Å². The molecular formula is C16H22N2O. The van der Waals surface area contributed by atoms with Crippen LogP contribution in [-0.2, 0) is 13.5 Å². The van der Waals surface area contributed by atoms with Crippen molar-refractivity contribution in [3.8, 4) is 5.75 Å². The molecule has 1 heterocycles. The minimum atomic E-state index is 0.478. The van der Waals surface area contributed by atoms with Gasteiger partial charge in [-0.25, -0.2) is 0 Å². The minimum absolute atomic E-state index is 0.478. The topological polar surface area (TPSA) is 26.2 Å². The van der Waals surface area contributed by atoms with Crippen LogP contribution in [0.25, 0.3) is 10.9 Å². The summed E-state index contributed by atoms with van der Waals surface area (Å²) in [6.07, 6.45) is 3.66. The number of benzene rings is 1. The number of fused-ring (bicyclic) bond motifs is 3. The predicted molar refractivity (Wildman–Crippen MR) is 78.9 cm³/mol. The van der Waals surface area contributed by atoms with Gasteiger partial charge in [-0.3, -0.25) is 0 Å². The van der Waals surface area contributed by atoms with Crippen LogP contribution in [-0.4, -0.2) is 18.7 Å². The van der Waals surface area contributed by atoms with E-state index < -0.39 is 0 Å². The van der Waals surface area contributed by atoms with Crippen LogP contribution in [0.15, 0.2) is 12.1 Å². The van der Waals surface area contributed by atoms with Gasteiger partial charge in [0.1, 0.15) is 5.75 Å². The van der Waals surface area contributed by atoms with E-state index in [0.29, 0.717) is 6.04 Å². The molecule has 0 fully saturated rings. The monoisotopic (exact) mass is 258 g/mol. The van der Waals surface area contributed by atoms with Crippen LogP contribution in [0.1, 0.15) is 35.7 Å². The molecule has 0 aliphatic heterocycles. The van der Waals surface area contributed by atoms with E-state index in [-0.39, 0.29) is 0 Å². The Morgan fingerprint density at radius 2 is 2.16 bits per heavy atom. The van der Waals surface area contributed by atoms with Crippen molar-refractivity contribution in [3.63, 3.8) is 0 Å². The molecule has 0 saturated heterocycles. The van der Waals surface area contributed by atoms with E-state index in [9.17, 15) is 0 Å². The van der Waals surface area contributed by atoms with Crippen LogP contribution < -0.4 is 10.1 Å². The summed E-state index contributed by atoms with van der Waals surface area (Å²) >= 11 is 0. The van der Waals surface area contributed by atoms with Gasteiger partial charge < -0.3 is 14.6 Å². The Bertz CT molecular complexity index is 627. The van der Waals surface area contributed by atoms with E-state index in [1.165, 1.54) is 47.0 Å². The summed E-state index contributed by atoms with van der Waals surface area (Å²) in [6.45, 7) is 2.17. The number of nitrogens with zero attached hydrogens (tertiary/aromatic N) is 1. The molecular weight excluding hydrogens is 236 g/mol. The first-order valence-electron chi connectivity index (χ1n) is 7.00. The van der Waals surface area contributed by atoms with Crippen LogP contribution in [0.3, 0.4) is 0 Å². The molecule has 1 unspecified atom stereocenters. The average molecular weight is 258 g/mol. The highest BCUT2D eigenvalue weighted by atomic mass is 16.5. The second-order valence-corrected chi connectivity index (χ2v) is 5.50. The quantitative estimate of drug-likeness (QED) is 0.896. The largest absolute Gasteiger partial charge is 0.497 e. The van der Waals surface area contributed by atoms with E-state index in [4.69, 9.17) is 4.74 Å². The molecule has 0 spiro atoms. The van der Waals surface area contributed by atoms with Crippen LogP contribution in [0, 0.1) is 6.92 Å². The molecule has 1 aromatic carbocycles. The number of rotatable bonds is 2. The summed E-state index contributed by atoms with van der Waals surface area (Å²) in [5, 5.41) is 4.83. The number of ether oxygens (including phenoxy) is 1. The highest BCUT2D eigenvalue weighted by Crippen LogP contribution is 2.39. The molecule has 0 saturated carbocycles. The molecule has 0 radical (unpaired) electrons. The maximum absolute atomic E-state index is 5.43. The summed E-state index contributed by atoms with van der Waals surface area (Å²) in [5.41, 5.74) is 5.61. The lowest BCUT2D eigenvalue weighted by Crippen LogP contribution is -2.23. The first kappa shape index (κ1) is 12.5. The fourth-order valence-corrected chi connectivity index (χ4v) is 3.61. The Kier molecular flexibility index (Phi) is 3.02. The van der Waals surface area contributed by atoms with Gasteiger partial charge >= 0.3 is 0 Å². The lowest BCUT2D eigenvalue weighted by atomic mass is 9.91. The summed E-state index contributed by atoms with van der Waals surface area (Å²) in [5.74, 6) is 0.963. The maximum Gasteiger partial charge on any atom is 0.119 e. The van der Waals surface area contributed by atoms with Gasteiger partial charge in [0.05, 0.1) is 12.6 Å². The average Bonchev–Trinajstić information content (AvgIpc) is 2.72. The summed E-state index contributed by atoms with van der Waals surface area (Å²) < 4.78 is 7.81. The first-order valence-corrected chi connectivity index (χ1v) is 7.00. The third-order valence-corrected chi connectivity index (χ3v) is 4.44. The number of hydrogen-bond donors (Lipinski definition) is 1. The molecule has 1 aliphatic carbocycles. The Labute approximate surface area is 114 Å². The normalized spacial score (nSPS) is 18.6. The van der Waals surface area contributed by atoms with Gasteiger partial charge in [0.15, 0.2) is 0 Å². The van der Waals surface area contributed by atoms with Gasteiger partial charge in [0, 0.05) is 24.2 Å². The zero-order valence-corrected chi connectivity index (χ0v) is 12.2. The first-order chi connectivity index (χ1) is 9.17. The summed E-state index contributed by atoms with van der Waals surface area (Å²) in [4.78, 5) is 0. The summed E-state index contributed by atoms with van der Waals surface area (Å²) in [6, 6.07) is 4.80. The van der Waals surface area contributed by atoms with Crippen molar-refractivity contribution in [2.24, 2.45) is 7.05 Å². The molecule has 3 nitrogen and oxygen atoms in total. The second kappa shape index (κ2) is 4.57. The Morgan fingerprint density at radius 1 is 1.37 bits per heavy atom. The van der Waals surface area contributed by atoms with E-state index >= 15 is 0 Å². The summed E-state index contributed by atoms with van der Waals surface area (Å²) in [7, 11) is 5.99. The predicted octanol–water partition coefficient (Wildman–Crippen LogP) is 3.09. The molecule has 1 N–H and O–H groups in total. The zero-order valence-electron chi connectivity index (χ0n) is 12.2. The molecule has 19 heavy (non-hydrogen) atoms. The molecule has 3 heteroatoms. The lowest BCUT2D eigenvalue weighted by Gasteiger charge is -2.24. The van der Waals surface area contributed by atoms with Gasteiger partial charge in [-0.2, -0.15) is 0 Å². The molecule has 0 amide bonds. The number of nitrogens with one attached hydrogen (secondary N) is 1. The molecule has 1 aliphatic rings. The van der Waals surface area contributed by atoms with Crippen LogP contribution in [0.2, 0.25) is 0 Å². The van der Waals surface area contributed by atoms with Gasteiger partial charge in [-0.05, 0) is 56.5 Å². The van der Waals surface area contributed by atoms with Gasteiger partial charge in [-0.15, -0.1) is 0 Å². The Morgan fingerprint density at radius 3 is 2.84 bits per heavy atom. The van der Waals surface area contributed by atoms with Crippen molar-refractivity contribution >= 4 is 10.9 Å². The van der Waals surface area contributed by atoms with Gasteiger partial charge in [0.2, 0.25) is 0 Å². The third kappa shape index (κ3) is 1.76. The second-order valence-electron chi connectivity index (χ2n) is 5.50. The lowest BCUT2D eigenvalue weighted by molar-refractivity contribution is 0.415. The third-order valence-electron chi connectivity index (χ3n) is 4.44. The molecule has 2 aromatic rings. The van der Waals surface area contributed by atoms with Crippen LogP contribution in [0.4, 0.5) is 0 Å². The fourth-order valence-electron chi connectivity index (χ4n) is 3.61. The molecule has 1 aromatic heterocycles. The van der Waals surface area contributed by atoms with Crippen molar-refractivity contribution in [1.82, 2.24) is 9.88 Å². The van der Waals surface area contributed by atoms with Crippen LogP contribution in [0.5, 0.6) is 5.75 Å². The highest BCUT2D eigenvalue weighted by molar-refractivity contribution is 5.90. The van der Waals surface area contributed by atoms with Crippen molar-refractivity contribution in [1.29, 1.82) is 0 Å².